The van der Waals surface area contributed by atoms with Gasteiger partial charge in [-0.3, -0.25) is 0 Å². The molecule has 0 radical (unpaired) electrons. The molecule has 0 bridgehead atoms. The van der Waals surface area contributed by atoms with Crippen molar-refractivity contribution in [1.29, 1.82) is 0 Å². The van der Waals surface area contributed by atoms with Crippen molar-refractivity contribution in [2.45, 2.75) is 0 Å². The summed E-state index contributed by atoms with van der Waals surface area (Å²) in [5, 5.41) is 2.10. The maximum atomic E-state index is 5.30. The van der Waals surface area contributed by atoms with Gasteiger partial charge in [-0.2, -0.15) is 0 Å². The average Bonchev–Trinajstić information content (AvgIpc) is 3.29. The fourth-order valence-corrected chi connectivity index (χ4v) is 7.28. The van der Waals surface area contributed by atoms with Crippen LogP contribution >= 0.6 is 0 Å². The van der Waals surface area contributed by atoms with E-state index in [4.69, 9.17) is 24.9 Å². The van der Waals surface area contributed by atoms with Crippen LogP contribution in [0, 0.1) is 0 Å². The highest BCUT2D eigenvalue weighted by atomic mass is 15.0. The molecule has 0 aliphatic rings. The summed E-state index contributed by atoms with van der Waals surface area (Å²) in [6.45, 7) is 0. The van der Waals surface area contributed by atoms with E-state index in [1.54, 1.807) is 0 Å². The molecule has 0 N–H and O–H groups in total. The molecule has 5 heteroatoms. The number of hydrogen-bond acceptors (Lipinski definition) is 5. The first-order chi connectivity index (χ1) is 27.7. The Morgan fingerprint density at radius 3 is 1.27 bits per heavy atom. The molecule has 7 aromatic carbocycles. The molecule has 0 amide bonds. The topological polar surface area (TPSA) is 64.5 Å². The number of aromatic nitrogens is 5. The molecule has 0 aliphatic heterocycles. The Morgan fingerprint density at radius 2 is 0.679 bits per heavy atom. The third-order valence-corrected chi connectivity index (χ3v) is 10.1. The van der Waals surface area contributed by atoms with E-state index >= 15 is 0 Å². The monoisotopic (exact) mass is 715 g/mol. The molecule has 5 nitrogen and oxygen atoms in total. The SMILES string of the molecule is c1ccc(-c2ccc3ccc4c(-c5cccc(-c6cccc(-c7nc(-c8ccccc8)nc(-c8ccccc8)n7)c6)c5)cc(-c5ccccc5)nc4c3n2)cc1. The Morgan fingerprint density at radius 1 is 0.250 bits per heavy atom. The van der Waals surface area contributed by atoms with E-state index in [0.29, 0.717) is 17.5 Å². The Kier molecular flexibility index (Phi) is 8.43. The van der Waals surface area contributed by atoms with Crippen molar-refractivity contribution >= 4 is 21.8 Å². The van der Waals surface area contributed by atoms with Crippen molar-refractivity contribution in [2.75, 3.05) is 0 Å². The summed E-state index contributed by atoms with van der Waals surface area (Å²) in [5.41, 5.74) is 12.8. The van der Waals surface area contributed by atoms with Crippen molar-refractivity contribution in [2.24, 2.45) is 0 Å². The lowest BCUT2D eigenvalue weighted by atomic mass is 9.94. The van der Waals surface area contributed by atoms with Gasteiger partial charge < -0.3 is 0 Å². The lowest BCUT2D eigenvalue weighted by Gasteiger charge is -2.14. The molecule has 56 heavy (non-hydrogen) atoms. The molecule has 10 aromatic rings. The predicted molar refractivity (Wildman–Crippen MR) is 228 cm³/mol. The van der Waals surface area contributed by atoms with Crippen LogP contribution in [0.1, 0.15) is 0 Å². The molecule has 10 rings (SSSR count). The Labute approximate surface area is 324 Å². The summed E-state index contributed by atoms with van der Waals surface area (Å²) >= 11 is 0. The van der Waals surface area contributed by atoms with Crippen LogP contribution in [0.5, 0.6) is 0 Å². The summed E-state index contributed by atoms with van der Waals surface area (Å²) < 4.78 is 0. The minimum Gasteiger partial charge on any atom is -0.245 e. The number of rotatable bonds is 7. The van der Waals surface area contributed by atoms with Gasteiger partial charge >= 0.3 is 0 Å². The maximum absolute atomic E-state index is 5.30. The van der Waals surface area contributed by atoms with Gasteiger partial charge in [-0.05, 0) is 46.5 Å². The van der Waals surface area contributed by atoms with E-state index in [-0.39, 0.29) is 0 Å². The minimum atomic E-state index is 0.623. The first-order valence-corrected chi connectivity index (χ1v) is 18.7. The third kappa shape index (κ3) is 6.37. The molecule has 0 saturated carbocycles. The van der Waals surface area contributed by atoms with E-state index in [9.17, 15) is 0 Å². The van der Waals surface area contributed by atoms with Crippen molar-refractivity contribution in [3.8, 4) is 78.9 Å². The van der Waals surface area contributed by atoms with E-state index in [2.05, 4.69) is 115 Å². The van der Waals surface area contributed by atoms with Crippen LogP contribution < -0.4 is 0 Å². The van der Waals surface area contributed by atoms with Crippen molar-refractivity contribution < 1.29 is 0 Å². The highest BCUT2D eigenvalue weighted by molar-refractivity contribution is 6.10. The zero-order valence-corrected chi connectivity index (χ0v) is 30.3. The van der Waals surface area contributed by atoms with Gasteiger partial charge in [0, 0.05) is 38.6 Å². The molecule has 0 saturated heterocycles. The van der Waals surface area contributed by atoms with Gasteiger partial charge in [0.2, 0.25) is 0 Å². The van der Waals surface area contributed by atoms with Gasteiger partial charge in [0.25, 0.3) is 0 Å². The van der Waals surface area contributed by atoms with Crippen LogP contribution in [0.4, 0.5) is 0 Å². The van der Waals surface area contributed by atoms with Crippen molar-refractivity contribution in [1.82, 2.24) is 24.9 Å². The molecular formula is C51H33N5. The number of benzene rings is 7. The molecule has 3 aromatic heterocycles. The second kappa shape index (κ2) is 14.3. The molecule has 3 heterocycles. The Balaban J connectivity index is 1.11. The molecule has 262 valence electrons. The lowest BCUT2D eigenvalue weighted by Crippen LogP contribution is -2.00. The minimum absolute atomic E-state index is 0.623. The van der Waals surface area contributed by atoms with Crippen LogP contribution in [0.3, 0.4) is 0 Å². The summed E-state index contributed by atoms with van der Waals surface area (Å²) in [7, 11) is 0. The van der Waals surface area contributed by atoms with Gasteiger partial charge in [-0.15, -0.1) is 0 Å². The maximum Gasteiger partial charge on any atom is 0.164 e. The number of pyridine rings is 2. The second-order valence-electron chi connectivity index (χ2n) is 13.7. The van der Waals surface area contributed by atoms with Gasteiger partial charge in [0.15, 0.2) is 17.5 Å². The smallest absolute Gasteiger partial charge is 0.164 e. The van der Waals surface area contributed by atoms with Gasteiger partial charge in [-0.25, -0.2) is 24.9 Å². The average molecular weight is 716 g/mol. The van der Waals surface area contributed by atoms with Crippen molar-refractivity contribution in [3.05, 3.63) is 200 Å². The lowest BCUT2D eigenvalue weighted by molar-refractivity contribution is 1.07. The van der Waals surface area contributed by atoms with E-state index in [0.717, 1.165) is 83.3 Å². The predicted octanol–water partition coefficient (Wildman–Crippen LogP) is 12.6. The van der Waals surface area contributed by atoms with Gasteiger partial charge in [0.1, 0.15) is 0 Å². The number of hydrogen-bond donors (Lipinski definition) is 0. The van der Waals surface area contributed by atoms with Gasteiger partial charge in [0.05, 0.1) is 22.4 Å². The fourth-order valence-electron chi connectivity index (χ4n) is 7.28. The molecule has 0 unspecified atom stereocenters. The van der Waals surface area contributed by atoms with E-state index < -0.39 is 0 Å². The fraction of sp³-hybridized carbons (Fsp3) is 0. The van der Waals surface area contributed by atoms with Gasteiger partial charge in [-0.1, -0.05) is 176 Å². The van der Waals surface area contributed by atoms with Crippen LogP contribution in [0.15, 0.2) is 200 Å². The summed E-state index contributed by atoms with van der Waals surface area (Å²) in [6.07, 6.45) is 0. The van der Waals surface area contributed by atoms with Crippen LogP contribution in [-0.4, -0.2) is 24.9 Å². The molecule has 0 aliphatic carbocycles. The normalized spacial score (nSPS) is 11.2. The van der Waals surface area contributed by atoms with E-state index in [1.165, 1.54) is 0 Å². The summed E-state index contributed by atoms with van der Waals surface area (Å²) in [5.74, 6) is 1.90. The largest absolute Gasteiger partial charge is 0.245 e. The van der Waals surface area contributed by atoms with Crippen LogP contribution in [-0.2, 0) is 0 Å². The first kappa shape index (κ1) is 33.0. The third-order valence-electron chi connectivity index (χ3n) is 10.1. The molecule has 0 atom stereocenters. The van der Waals surface area contributed by atoms with Crippen LogP contribution in [0.2, 0.25) is 0 Å². The molecular weight excluding hydrogens is 683 g/mol. The summed E-state index contributed by atoms with van der Waals surface area (Å²) in [6, 6.07) is 68.8. The zero-order valence-electron chi connectivity index (χ0n) is 30.3. The standard InChI is InChI=1S/C51H33N5/c1-5-15-34(16-6-1)45-30-28-36-27-29-43-44(33-46(35-17-7-2-8-18-35)53-48(43)47(36)52-45)41-25-13-23-39(31-41)40-24-14-26-42(32-40)51-55-49(37-19-9-3-10-20-37)54-50(56-51)38-21-11-4-12-22-38/h1-33H. The Hall–Kier alpha value is -7.63. The summed E-state index contributed by atoms with van der Waals surface area (Å²) in [4.78, 5) is 25.4. The van der Waals surface area contributed by atoms with Crippen LogP contribution in [0.25, 0.3) is 101 Å². The quantitative estimate of drug-likeness (QED) is 0.154. The second-order valence-corrected chi connectivity index (χ2v) is 13.7. The van der Waals surface area contributed by atoms with Crippen molar-refractivity contribution in [3.63, 3.8) is 0 Å². The highest BCUT2D eigenvalue weighted by Crippen LogP contribution is 2.38. The van der Waals surface area contributed by atoms with E-state index in [1.807, 2.05) is 84.9 Å². The number of fused-ring (bicyclic) bond motifs is 3. The zero-order chi connectivity index (χ0) is 37.3. The highest BCUT2D eigenvalue weighted by Gasteiger charge is 2.16. The molecule has 0 spiro atoms. The first-order valence-electron chi connectivity index (χ1n) is 18.7. The number of nitrogens with zero attached hydrogens (tertiary/aromatic N) is 5. The molecule has 0 fully saturated rings. The Bertz CT molecular complexity index is 2950.